The van der Waals surface area contributed by atoms with E-state index >= 15 is 0 Å². The van der Waals surface area contributed by atoms with Crippen LogP contribution in [0.15, 0.2) is 12.2 Å². The lowest BCUT2D eigenvalue weighted by molar-refractivity contribution is -0.153. The van der Waals surface area contributed by atoms with Crippen molar-refractivity contribution in [2.45, 2.75) is 58.0 Å². The molecule has 0 bridgehead atoms. The van der Waals surface area contributed by atoms with Gasteiger partial charge in [-0.2, -0.15) is 0 Å². The fourth-order valence-corrected chi connectivity index (χ4v) is 4.94. The number of hydrogen-bond donors (Lipinski definition) is 1. The number of nitrogens with zero attached hydrogens (tertiary/aromatic N) is 3. The molecule has 4 rings (SSSR count). The Morgan fingerprint density at radius 1 is 1.00 bits per heavy atom. The maximum atomic E-state index is 13.5. The second kappa shape index (κ2) is 9.10. The zero-order chi connectivity index (χ0) is 22.1. The predicted molar refractivity (Wildman–Crippen MR) is 115 cm³/mol. The topological polar surface area (TPSA) is 90.0 Å². The van der Waals surface area contributed by atoms with Gasteiger partial charge in [-0.3, -0.25) is 29.0 Å². The Morgan fingerprint density at radius 2 is 1.58 bits per heavy atom. The van der Waals surface area contributed by atoms with Crippen molar-refractivity contribution in [3.05, 3.63) is 12.2 Å². The van der Waals surface area contributed by atoms with Crippen LogP contribution in [0.3, 0.4) is 0 Å². The molecule has 2 heterocycles. The summed E-state index contributed by atoms with van der Waals surface area (Å²) in [5.41, 5.74) is 0. The van der Waals surface area contributed by atoms with Crippen LogP contribution in [0.4, 0.5) is 0 Å². The first-order valence-electron chi connectivity index (χ1n) is 11.7. The van der Waals surface area contributed by atoms with E-state index in [1.54, 1.807) is 4.90 Å². The number of rotatable bonds is 7. The van der Waals surface area contributed by atoms with Gasteiger partial charge in [0, 0.05) is 32.2 Å². The van der Waals surface area contributed by atoms with E-state index in [2.05, 4.69) is 10.2 Å². The van der Waals surface area contributed by atoms with Gasteiger partial charge in [-0.1, -0.05) is 26.0 Å². The summed E-state index contributed by atoms with van der Waals surface area (Å²) in [4.78, 5) is 56.8. The minimum absolute atomic E-state index is 0.0458. The first-order valence-corrected chi connectivity index (χ1v) is 11.7. The van der Waals surface area contributed by atoms with Gasteiger partial charge >= 0.3 is 0 Å². The van der Waals surface area contributed by atoms with Crippen molar-refractivity contribution >= 4 is 23.6 Å². The maximum Gasteiger partial charge on any atom is 0.245 e. The average Bonchev–Trinajstić information content (AvgIpc) is 3.52. The zero-order valence-electron chi connectivity index (χ0n) is 18.6. The number of imide groups is 1. The van der Waals surface area contributed by atoms with E-state index in [-0.39, 0.29) is 41.4 Å². The molecule has 8 nitrogen and oxygen atoms in total. The Bertz CT molecular complexity index is 742. The molecule has 2 aliphatic carbocycles. The number of nitrogens with one attached hydrogen (secondary N) is 1. The van der Waals surface area contributed by atoms with Crippen LogP contribution in [0, 0.1) is 17.8 Å². The molecule has 170 valence electrons. The van der Waals surface area contributed by atoms with Gasteiger partial charge < -0.3 is 10.2 Å². The summed E-state index contributed by atoms with van der Waals surface area (Å²) in [5, 5.41) is 3.00. The van der Waals surface area contributed by atoms with E-state index in [4.69, 9.17) is 0 Å². The SMILES string of the molecule is CC(C)CC(C(=O)N1CCN(CC(=O)NC2CC2)CC1)N1C(=O)C2CC=CCC2C1=O. The summed E-state index contributed by atoms with van der Waals surface area (Å²) in [7, 11) is 0. The minimum atomic E-state index is -0.727. The number of allylic oxidation sites excluding steroid dienone is 2. The Kier molecular flexibility index (Phi) is 6.46. The van der Waals surface area contributed by atoms with Crippen LogP contribution in [-0.4, -0.2) is 83.1 Å². The quantitative estimate of drug-likeness (QED) is 0.476. The number of fused-ring (bicyclic) bond motifs is 1. The van der Waals surface area contributed by atoms with Crippen molar-refractivity contribution in [2.75, 3.05) is 32.7 Å². The molecular weight excluding hydrogens is 396 g/mol. The van der Waals surface area contributed by atoms with E-state index in [9.17, 15) is 19.2 Å². The summed E-state index contributed by atoms with van der Waals surface area (Å²) in [6.45, 7) is 6.63. The Hall–Kier alpha value is -2.22. The highest BCUT2D eigenvalue weighted by molar-refractivity contribution is 6.08. The number of likely N-dealkylation sites (tertiary alicyclic amines) is 1. The van der Waals surface area contributed by atoms with E-state index in [0.29, 0.717) is 58.0 Å². The second-order valence-electron chi connectivity index (χ2n) is 9.79. The van der Waals surface area contributed by atoms with Gasteiger partial charge in [0.15, 0.2) is 0 Å². The Morgan fingerprint density at radius 3 is 2.10 bits per heavy atom. The maximum absolute atomic E-state index is 13.5. The molecule has 0 spiro atoms. The van der Waals surface area contributed by atoms with Crippen LogP contribution in [0.5, 0.6) is 0 Å². The van der Waals surface area contributed by atoms with Crippen molar-refractivity contribution in [1.29, 1.82) is 0 Å². The molecule has 0 aromatic heterocycles. The molecule has 8 heteroatoms. The first kappa shape index (κ1) is 22.0. The lowest BCUT2D eigenvalue weighted by Crippen LogP contribution is -2.57. The van der Waals surface area contributed by atoms with E-state index < -0.39 is 6.04 Å². The minimum Gasteiger partial charge on any atom is -0.352 e. The van der Waals surface area contributed by atoms with Gasteiger partial charge in [0.1, 0.15) is 6.04 Å². The highest BCUT2D eigenvalue weighted by Crippen LogP contribution is 2.37. The van der Waals surface area contributed by atoms with Crippen molar-refractivity contribution < 1.29 is 19.2 Å². The van der Waals surface area contributed by atoms with Gasteiger partial charge in [0.2, 0.25) is 23.6 Å². The van der Waals surface area contributed by atoms with Gasteiger partial charge in [-0.15, -0.1) is 0 Å². The van der Waals surface area contributed by atoms with E-state index in [1.165, 1.54) is 4.90 Å². The Labute approximate surface area is 184 Å². The van der Waals surface area contributed by atoms with E-state index in [0.717, 1.165) is 12.8 Å². The standard InChI is InChI=1S/C23H34N4O4/c1-15(2)13-19(27-21(29)17-5-3-4-6-18(17)22(27)30)23(31)26-11-9-25(10-12-26)14-20(28)24-16-7-8-16/h3-4,15-19H,5-14H2,1-2H3,(H,24,28). The summed E-state index contributed by atoms with van der Waals surface area (Å²) in [5.74, 6) is -0.915. The molecule has 0 aromatic carbocycles. The van der Waals surface area contributed by atoms with Crippen LogP contribution in [0.2, 0.25) is 0 Å². The molecule has 31 heavy (non-hydrogen) atoms. The third-order valence-electron chi connectivity index (χ3n) is 6.83. The van der Waals surface area contributed by atoms with Crippen LogP contribution >= 0.6 is 0 Å². The molecule has 3 atom stereocenters. The third-order valence-corrected chi connectivity index (χ3v) is 6.83. The van der Waals surface area contributed by atoms with Crippen LogP contribution in [-0.2, 0) is 19.2 Å². The summed E-state index contributed by atoms with van der Waals surface area (Å²) in [6.07, 6.45) is 7.70. The normalized spacial score (nSPS) is 27.6. The second-order valence-corrected chi connectivity index (χ2v) is 9.79. The zero-order valence-corrected chi connectivity index (χ0v) is 18.6. The molecule has 3 fully saturated rings. The number of amides is 4. The molecule has 1 N–H and O–H groups in total. The lowest BCUT2D eigenvalue weighted by Gasteiger charge is -2.38. The summed E-state index contributed by atoms with van der Waals surface area (Å²) < 4.78 is 0. The molecule has 4 aliphatic rings. The highest BCUT2D eigenvalue weighted by Gasteiger charge is 2.51. The number of carbonyl (C=O) groups is 4. The number of hydrogen-bond acceptors (Lipinski definition) is 5. The summed E-state index contributed by atoms with van der Waals surface area (Å²) in [6, 6.07) is -0.378. The smallest absolute Gasteiger partial charge is 0.245 e. The van der Waals surface area contributed by atoms with Crippen LogP contribution < -0.4 is 5.32 Å². The first-order chi connectivity index (χ1) is 14.8. The summed E-state index contributed by atoms with van der Waals surface area (Å²) >= 11 is 0. The van der Waals surface area contributed by atoms with Crippen molar-refractivity contribution in [1.82, 2.24) is 20.0 Å². The van der Waals surface area contributed by atoms with E-state index in [1.807, 2.05) is 26.0 Å². The van der Waals surface area contributed by atoms with Gasteiger partial charge in [0.25, 0.3) is 0 Å². The molecule has 0 radical (unpaired) electrons. The van der Waals surface area contributed by atoms with Crippen LogP contribution in [0.25, 0.3) is 0 Å². The Balaban J connectivity index is 1.39. The van der Waals surface area contributed by atoms with Crippen molar-refractivity contribution in [3.8, 4) is 0 Å². The van der Waals surface area contributed by atoms with Crippen molar-refractivity contribution in [3.63, 3.8) is 0 Å². The number of piperazine rings is 1. The lowest BCUT2D eigenvalue weighted by atomic mass is 9.85. The molecular formula is C23H34N4O4. The highest BCUT2D eigenvalue weighted by atomic mass is 16.2. The number of carbonyl (C=O) groups excluding carboxylic acids is 4. The van der Waals surface area contributed by atoms with Crippen molar-refractivity contribution in [2.24, 2.45) is 17.8 Å². The van der Waals surface area contributed by atoms with Gasteiger partial charge in [-0.25, -0.2) is 0 Å². The molecule has 2 aliphatic heterocycles. The van der Waals surface area contributed by atoms with Gasteiger partial charge in [-0.05, 0) is 38.0 Å². The fraction of sp³-hybridized carbons (Fsp3) is 0.739. The monoisotopic (exact) mass is 430 g/mol. The van der Waals surface area contributed by atoms with Crippen LogP contribution in [0.1, 0.15) is 46.0 Å². The predicted octanol–water partition coefficient (Wildman–Crippen LogP) is 0.775. The average molecular weight is 431 g/mol. The molecule has 0 aromatic rings. The fourth-order valence-electron chi connectivity index (χ4n) is 4.94. The third kappa shape index (κ3) is 4.84. The van der Waals surface area contributed by atoms with Gasteiger partial charge in [0.05, 0.1) is 18.4 Å². The molecule has 1 saturated carbocycles. The largest absolute Gasteiger partial charge is 0.352 e. The molecule has 3 unspecified atom stereocenters. The molecule has 2 saturated heterocycles. The molecule has 4 amide bonds.